The third-order valence-corrected chi connectivity index (χ3v) is 6.51. The molecule has 0 fully saturated rings. The zero-order valence-corrected chi connectivity index (χ0v) is 15.1. The average Bonchev–Trinajstić information content (AvgIpc) is 2.66. The molecular weight excluding hydrogens is 348 g/mol. The summed E-state index contributed by atoms with van der Waals surface area (Å²) in [4.78, 5) is 11.7. The summed E-state index contributed by atoms with van der Waals surface area (Å²) in [5.41, 5.74) is 2.14. The second-order valence-electron chi connectivity index (χ2n) is 6.37. The SMILES string of the molecule is CN(c1ccc2ccccc2c1)S(=O)(=O)c1ccc2c(c1)CCC(=O)N2. The Morgan fingerprint density at radius 3 is 2.50 bits per heavy atom. The minimum atomic E-state index is -3.69. The number of fused-ring (bicyclic) bond motifs is 2. The highest BCUT2D eigenvalue weighted by molar-refractivity contribution is 7.92. The van der Waals surface area contributed by atoms with Gasteiger partial charge >= 0.3 is 0 Å². The molecule has 0 aromatic heterocycles. The van der Waals surface area contributed by atoms with Crippen molar-refractivity contribution in [3.63, 3.8) is 0 Å². The molecule has 1 aliphatic rings. The van der Waals surface area contributed by atoms with Crippen LogP contribution in [0.2, 0.25) is 0 Å². The van der Waals surface area contributed by atoms with Crippen molar-refractivity contribution in [2.75, 3.05) is 16.7 Å². The van der Waals surface area contributed by atoms with Gasteiger partial charge in [0.05, 0.1) is 10.6 Å². The van der Waals surface area contributed by atoms with E-state index in [0.717, 1.165) is 16.3 Å². The summed E-state index contributed by atoms with van der Waals surface area (Å²) in [6, 6.07) is 18.3. The predicted molar refractivity (Wildman–Crippen MR) is 103 cm³/mol. The normalized spacial score (nSPS) is 14.0. The fourth-order valence-corrected chi connectivity index (χ4v) is 4.43. The van der Waals surface area contributed by atoms with Crippen molar-refractivity contribution in [3.8, 4) is 0 Å². The second-order valence-corrected chi connectivity index (χ2v) is 8.34. The first-order valence-electron chi connectivity index (χ1n) is 8.36. The molecule has 1 aliphatic heterocycles. The molecule has 3 aromatic rings. The monoisotopic (exact) mass is 366 g/mol. The Balaban J connectivity index is 1.72. The Morgan fingerprint density at radius 1 is 0.923 bits per heavy atom. The highest BCUT2D eigenvalue weighted by Crippen LogP contribution is 2.29. The molecule has 0 bridgehead atoms. The van der Waals surface area contributed by atoms with E-state index in [1.807, 2.05) is 36.4 Å². The summed E-state index contributed by atoms with van der Waals surface area (Å²) in [5, 5.41) is 4.82. The number of aryl methyl sites for hydroxylation is 1. The number of nitrogens with zero attached hydrogens (tertiary/aromatic N) is 1. The van der Waals surface area contributed by atoms with Gasteiger partial charge in [-0.2, -0.15) is 0 Å². The van der Waals surface area contributed by atoms with Crippen LogP contribution in [0.15, 0.2) is 65.6 Å². The predicted octanol–water partition coefficient (Wildman–Crippen LogP) is 3.55. The van der Waals surface area contributed by atoms with Gasteiger partial charge in [0, 0.05) is 19.2 Å². The van der Waals surface area contributed by atoms with Gasteiger partial charge in [-0.25, -0.2) is 8.42 Å². The van der Waals surface area contributed by atoms with E-state index in [4.69, 9.17) is 0 Å². The molecule has 0 aliphatic carbocycles. The van der Waals surface area contributed by atoms with Crippen molar-refractivity contribution in [1.82, 2.24) is 0 Å². The largest absolute Gasteiger partial charge is 0.326 e. The molecule has 0 saturated heterocycles. The molecule has 6 heteroatoms. The molecule has 132 valence electrons. The van der Waals surface area contributed by atoms with Crippen LogP contribution in [0.1, 0.15) is 12.0 Å². The van der Waals surface area contributed by atoms with Gasteiger partial charge in [0.2, 0.25) is 5.91 Å². The van der Waals surface area contributed by atoms with Crippen molar-refractivity contribution in [3.05, 3.63) is 66.2 Å². The van der Waals surface area contributed by atoms with Crippen LogP contribution in [-0.2, 0) is 21.2 Å². The first kappa shape index (κ1) is 16.6. The Hall–Kier alpha value is -2.86. The minimum absolute atomic E-state index is 0.0404. The van der Waals surface area contributed by atoms with Crippen molar-refractivity contribution < 1.29 is 13.2 Å². The van der Waals surface area contributed by atoms with E-state index in [0.29, 0.717) is 24.2 Å². The summed E-state index contributed by atoms with van der Waals surface area (Å²) in [6.45, 7) is 0. The lowest BCUT2D eigenvalue weighted by Gasteiger charge is -2.22. The van der Waals surface area contributed by atoms with Crippen molar-refractivity contribution in [2.45, 2.75) is 17.7 Å². The van der Waals surface area contributed by atoms with Crippen molar-refractivity contribution >= 4 is 38.1 Å². The van der Waals surface area contributed by atoms with Gasteiger partial charge in [0.1, 0.15) is 0 Å². The van der Waals surface area contributed by atoms with Crippen LogP contribution in [0, 0.1) is 0 Å². The quantitative estimate of drug-likeness (QED) is 0.771. The highest BCUT2D eigenvalue weighted by atomic mass is 32.2. The topological polar surface area (TPSA) is 66.5 Å². The van der Waals surface area contributed by atoms with Crippen LogP contribution in [0.25, 0.3) is 10.8 Å². The number of hydrogen-bond acceptors (Lipinski definition) is 3. The molecule has 26 heavy (non-hydrogen) atoms. The van der Waals surface area contributed by atoms with Gasteiger partial charge in [-0.15, -0.1) is 0 Å². The van der Waals surface area contributed by atoms with Crippen LogP contribution >= 0.6 is 0 Å². The van der Waals surface area contributed by atoms with Crippen LogP contribution in [0.3, 0.4) is 0 Å². The summed E-state index contributed by atoms with van der Waals surface area (Å²) in [6.07, 6.45) is 0.918. The summed E-state index contributed by atoms with van der Waals surface area (Å²) in [7, 11) is -2.13. The number of amides is 1. The smallest absolute Gasteiger partial charge is 0.264 e. The number of anilines is 2. The van der Waals surface area contributed by atoms with E-state index in [-0.39, 0.29) is 10.8 Å². The second kappa shape index (κ2) is 6.14. The van der Waals surface area contributed by atoms with Gasteiger partial charge in [-0.05, 0) is 53.1 Å². The molecule has 1 amide bonds. The fraction of sp³-hybridized carbons (Fsp3) is 0.150. The van der Waals surface area contributed by atoms with Crippen LogP contribution in [-0.4, -0.2) is 21.4 Å². The lowest BCUT2D eigenvalue weighted by atomic mass is 10.0. The zero-order valence-electron chi connectivity index (χ0n) is 14.3. The van der Waals surface area contributed by atoms with Crippen molar-refractivity contribution in [1.29, 1.82) is 0 Å². The molecule has 0 atom stereocenters. The maximum absolute atomic E-state index is 13.1. The number of sulfonamides is 1. The number of nitrogens with one attached hydrogen (secondary N) is 1. The highest BCUT2D eigenvalue weighted by Gasteiger charge is 2.24. The van der Waals surface area contributed by atoms with Crippen LogP contribution < -0.4 is 9.62 Å². The number of rotatable bonds is 3. The summed E-state index contributed by atoms with van der Waals surface area (Å²) in [5.74, 6) is -0.0404. The van der Waals surface area contributed by atoms with Crippen LogP contribution in [0.5, 0.6) is 0 Å². The first-order valence-corrected chi connectivity index (χ1v) is 9.80. The zero-order chi connectivity index (χ0) is 18.3. The maximum atomic E-state index is 13.1. The van der Waals surface area contributed by atoms with Gasteiger partial charge in [-0.3, -0.25) is 9.10 Å². The molecule has 0 spiro atoms. The van der Waals surface area contributed by atoms with Gasteiger partial charge < -0.3 is 5.32 Å². The third-order valence-electron chi connectivity index (χ3n) is 4.73. The van der Waals surface area contributed by atoms with E-state index in [1.165, 1.54) is 10.4 Å². The summed E-state index contributed by atoms with van der Waals surface area (Å²) < 4.78 is 27.4. The van der Waals surface area contributed by atoms with E-state index < -0.39 is 10.0 Å². The fourth-order valence-electron chi connectivity index (χ4n) is 3.19. The standard InChI is InChI=1S/C20H18N2O3S/c1-22(17-8-6-14-4-2-3-5-15(14)12-17)26(24,25)18-9-10-19-16(13-18)7-11-20(23)21-19/h2-6,8-10,12-13H,7,11H2,1H3,(H,21,23). The lowest BCUT2D eigenvalue weighted by molar-refractivity contribution is -0.116. The molecule has 0 radical (unpaired) electrons. The Labute approximate surface area is 152 Å². The molecule has 1 N–H and O–H groups in total. The van der Waals surface area contributed by atoms with Crippen LogP contribution in [0.4, 0.5) is 11.4 Å². The molecule has 0 unspecified atom stereocenters. The lowest BCUT2D eigenvalue weighted by Crippen LogP contribution is -2.27. The number of benzene rings is 3. The van der Waals surface area contributed by atoms with E-state index in [2.05, 4.69) is 5.32 Å². The third kappa shape index (κ3) is 2.82. The molecule has 0 saturated carbocycles. The average molecular weight is 366 g/mol. The maximum Gasteiger partial charge on any atom is 0.264 e. The Kier molecular flexibility index (Phi) is 3.92. The number of carbonyl (C=O) groups excluding carboxylic acids is 1. The van der Waals surface area contributed by atoms with Gasteiger partial charge in [-0.1, -0.05) is 30.3 Å². The van der Waals surface area contributed by atoms with E-state index >= 15 is 0 Å². The minimum Gasteiger partial charge on any atom is -0.326 e. The number of hydrogen-bond donors (Lipinski definition) is 1. The first-order chi connectivity index (χ1) is 12.4. The molecular formula is C20H18N2O3S. The number of carbonyl (C=O) groups is 1. The van der Waals surface area contributed by atoms with E-state index in [9.17, 15) is 13.2 Å². The Bertz CT molecular complexity index is 1120. The molecule has 4 rings (SSSR count). The van der Waals surface area contributed by atoms with E-state index in [1.54, 1.807) is 25.2 Å². The van der Waals surface area contributed by atoms with Gasteiger partial charge in [0.25, 0.3) is 10.0 Å². The van der Waals surface area contributed by atoms with Crippen molar-refractivity contribution in [2.24, 2.45) is 0 Å². The molecule has 3 aromatic carbocycles. The molecule has 5 nitrogen and oxygen atoms in total. The van der Waals surface area contributed by atoms with Gasteiger partial charge in [0.15, 0.2) is 0 Å². The molecule has 1 heterocycles. The Morgan fingerprint density at radius 2 is 1.69 bits per heavy atom. The summed E-state index contributed by atoms with van der Waals surface area (Å²) >= 11 is 0.